The molecule has 5 nitrogen and oxygen atoms in total. The summed E-state index contributed by atoms with van der Waals surface area (Å²) in [5.41, 5.74) is -0.0620. The zero-order chi connectivity index (χ0) is 14.3. The van der Waals surface area contributed by atoms with Crippen molar-refractivity contribution in [1.82, 2.24) is 10.2 Å². The first-order chi connectivity index (χ1) is 8.91. The molecule has 1 aliphatic rings. The van der Waals surface area contributed by atoms with Crippen molar-refractivity contribution in [3.8, 4) is 0 Å². The quantitative estimate of drug-likeness (QED) is 0.726. The predicted molar refractivity (Wildman–Crippen MR) is 74.0 cm³/mol. The van der Waals surface area contributed by atoms with E-state index >= 15 is 0 Å². The molecule has 108 valence electrons. The average molecular weight is 268 g/mol. The molecule has 19 heavy (non-hydrogen) atoms. The van der Waals surface area contributed by atoms with Crippen LogP contribution in [0, 0.1) is 5.41 Å². The molecule has 2 amide bonds. The summed E-state index contributed by atoms with van der Waals surface area (Å²) in [4.78, 5) is 24.2. The second-order valence-corrected chi connectivity index (χ2v) is 5.75. The minimum atomic E-state index is -0.766. The minimum absolute atomic E-state index is 0.0293. The maximum absolute atomic E-state index is 11.8. The summed E-state index contributed by atoms with van der Waals surface area (Å²) in [6.45, 7) is 6.10. The van der Waals surface area contributed by atoms with Crippen molar-refractivity contribution in [1.29, 1.82) is 0 Å². The highest BCUT2D eigenvalue weighted by molar-refractivity contribution is 5.74. The molecule has 0 spiro atoms. The van der Waals surface area contributed by atoms with E-state index in [4.69, 9.17) is 5.11 Å². The van der Waals surface area contributed by atoms with Gasteiger partial charge in [-0.3, -0.25) is 4.79 Å². The molecular formula is C14H24N2O3. The molecule has 0 bridgehead atoms. The summed E-state index contributed by atoms with van der Waals surface area (Å²) in [6.07, 6.45) is 6.59. The van der Waals surface area contributed by atoms with Gasteiger partial charge < -0.3 is 15.3 Å². The van der Waals surface area contributed by atoms with Crippen LogP contribution in [-0.4, -0.2) is 41.6 Å². The Hall–Kier alpha value is -1.52. The van der Waals surface area contributed by atoms with E-state index in [1.807, 2.05) is 19.9 Å². The van der Waals surface area contributed by atoms with Gasteiger partial charge in [0.25, 0.3) is 0 Å². The van der Waals surface area contributed by atoms with Crippen molar-refractivity contribution in [2.75, 3.05) is 19.6 Å². The van der Waals surface area contributed by atoms with Gasteiger partial charge in [0.1, 0.15) is 0 Å². The predicted octanol–water partition coefficient (Wildman–Crippen LogP) is 2.24. The van der Waals surface area contributed by atoms with Crippen molar-refractivity contribution < 1.29 is 14.7 Å². The average Bonchev–Trinajstić information content (AvgIpc) is 2.37. The molecule has 1 heterocycles. The van der Waals surface area contributed by atoms with Crippen LogP contribution in [0.1, 0.15) is 39.5 Å². The fraction of sp³-hybridized carbons (Fsp3) is 0.714. The van der Waals surface area contributed by atoms with Gasteiger partial charge in [0, 0.05) is 26.1 Å². The van der Waals surface area contributed by atoms with Crippen LogP contribution in [0.15, 0.2) is 12.2 Å². The molecule has 0 radical (unpaired) electrons. The molecule has 0 saturated carbocycles. The molecule has 1 rings (SSSR count). The first-order valence-corrected chi connectivity index (χ1v) is 6.80. The van der Waals surface area contributed by atoms with E-state index in [0.717, 1.165) is 19.4 Å². The zero-order valence-electron chi connectivity index (χ0n) is 11.8. The highest BCUT2D eigenvalue weighted by Crippen LogP contribution is 2.26. The van der Waals surface area contributed by atoms with Gasteiger partial charge in [-0.25, -0.2) is 4.79 Å². The molecule has 0 aromatic carbocycles. The smallest absolute Gasteiger partial charge is 0.317 e. The fourth-order valence-corrected chi connectivity index (χ4v) is 2.02. The topological polar surface area (TPSA) is 69.6 Å². The Labute approximate surface area is 114 Å². The summed E-state index contributed by atoms with van der Waals surface area (Å²) in [5.74, 6) is -0.766. The van der Waals surface area contributed by atoms with Crippen LogP contribution in [0.3, 0.4) is 0 Å². The fourth-order valence-electron chi connectivity index (χ4n) is 2.02. The number of hydrogen-bond acceptors (Lipinski definition) is 2. The highest BCUT2D eigenvalue weighted by atomic mass is 16.4. The zero-order valence-corrected chi connectivity index (χ0v) is 11.8. The van der Waals surface area contributed by atoms with Crippen molar-refractivity contribution in [3.05, 3.63) is 12.2 Å². The molecular weight excluding hydrogens is 244 g/mol. The maximum Gasteiger partial charge on any atom is 0.317 e. The summed E-state index contributed by atoms with van der Waals surface area (Å²) in [5, 5.41) is 11.6. The number of carboxylic acids is 1. The van der Waals surface area contributed by atoms with Crippen molar-refractivity contribution in [2.24, 2.45) is 5.41 Å². The summed E-state index contributed by atoms with van der Waals surface area (Å²) >= 11 is 0. The lowest BCUT2D eigenvalue weighted by molar-refractivity contribution is -0.137. The Bertz CT molecular complexity index is 351. The largest absolute Gasteiger partial charge is 0.481 e. The normalized spacial score (nSPS) is 15.4. The lowest BCUT2D eigenvalue weighted by atomic mass is 9.84. The number of rotatable bonds is 6. The molecule has 5 heteroatoms. The minimum Gasteiger partial charge on any atom is -0.481 e. The van der Waals surface area contributed by atoms with E-state index in [-0.39, 0.29) is 17.9 Å². The third kappa shape index (κ3) is 6.27. The van der Waals surface area contributed by atoms with Crippen LogP contribution in [0.4, 0.5) is 4.79 Å². The van der Waals surface area contributed by atoms with Crippen LogP contribution in [-0.2, 0) is 4.79 Å². The van der Waals surface area contributed by atoms with E-state index in [1.165, 1.54) is 0 Å². The van der Waals surface area contributed by atoms with Crippen molar-refractivity contribution in [3.63, 3.8) is 0 Å². The van der Waals surface area contributed by atoms with Gasteiger partial charge in [0.05, 0.1) is 0 Å². The van der Waals surface area contributed by atoms with Gasteiger partial charge >= 0.3 is 12.0 Å². The Kier molecular flexibility index (Phi) is 5.86. The number of nitrogens with zero attached hydrogens (tertiary/aromatic N) is 1. The first kappa shape index (κ1) is 15.5. The van der Waals surface area contributed by atoms with Crippen LogP contribution < -0.4 is 5.32 Å². The summed E-state index contributed by atoms with van der Waals surface area (Å²) in [7, 11) is 0. The van der Waals surface area contributed by atoms with Gasteiger partial charge in [0.15, 0.2) is 0 Å². The number of amides is 2. The number of carbonyl (C=O) groups is 2. The van der Waals surface area contributed by atoms with Crippen molar-refractivity contribution in [2.45, 2.75) is 39.5 Å². The molecule has 2 N–H and O–H groups in total. The second-order valence-electron chi connectivity index (χ2n) is 5.75. The standard InChI is InChI=1S/C14H24N2O3/c1-14(2,7-6-12(17)18)8-9-15-13(19)16-10-4-3-5-11-16/h3-4H,5-11H2,1-2H3,(H,15,19)(H,17,18). The Morgan fingerprint density at radius 2 is 2.05 bits per heavy atom. The Balaban J connectivity index is 2.23. The number of nitrogens with one attached hydrogen (secondary N) is 1. The second kappa shape index (κ2) is 7.16. The molecule has 0 aromatic rings. The molecule has 0 aromatic heterocycles. The molecule has 0 atom stereocenters. The summed E-state index contributed by atoms with van der Waals surface area (Å²) in [6, 6.07) is -0.0293. The molecule has 1 aliphatic heterocycles. The monoisotopic (exact) mass is 268 g/mol. The van der Waals surface area contributed by atoms with Gasteiger partial charge in [-0.2, -0.15) is 0 Å². The molecule has 0 saturated heterocycles. The van der Waals surface area contributed by atoms with E-state index in [1.54, 1.807) is 4.90 Å². The Morgan fingerprint density at radius 3 is 2.63 bits per heavy atom. The molecule has 0 fully saturated rings. The lowest BCUT2D eigenvalue weighted by Gasteiger charge is -2.26. The van der Waals surface area contributed by atoms with Crippen LogP contribution in [0.2, 0.25) is 0 Å². The van der Waals surface area contributed by atoms with Crippen LogP contribution in [0.25, 0.3) is 0 Å². The van der Waals surface area contributed by atoms with Gasteiger partial charge in [-0.15, -0.1) is 0 Å². The van der Waals surface area contributed by atoms with Gasteiger partial charge in [-0.05, 0) is 24.7 Å². The van der Waals surface area contributed by atoms with Crippen LogP contribution in [0.5, 0.6) is 0 Å². The van der Waals surface area contributed by atoms with Crippen LogP contribution >= 0.6 is 0 Å². The van der Waals surface area contributed by atoms with Gasteiger partial charge in [-0.1, -0.05) is 26.0 Å². The number of carboxylic acid groups (broad SMARTS) is 1. The number of aliphatic carboxylic acids is 1. The van der Waals surface area contributed by atoms with E-state index in [0.29, 0.717) is 19.5 Å². The number of carbonyl (C=O) groups excluding carboxylic acids is 1. The molecule has 0 aliphatic carbocycles. The number of urea groups is 1. The van der Waals surface area contributed by atoms with E-state index < -0.39 is 5.97 Å². The van der Waals surface area contributed by atoms with Crippen molar-refractivity contribution >= 4 is 12.0 Å². The van der Waals surface area contributed by atoms with E-state index in [9.17, 15) is 9.59 Å². The number of hydrogen-bond donors (Lipinski definition) is 2. The Morgan fingerprint density at radius 1 is 1.32 bits per heavy atom. The highest BCUT2D eigenvalue weighted by Gasteiger charge is 2.20. The third-order valence-electron chi connectivity index (χ3n) is 3.44. The molecule has 0 unspecified atom stereocenters. The lowest BCUT2D eigenvalue weighted by Crippen LogP contribution is -2.42. The SMILES string of the molecule is CC(C)(CCNC(=O)N1CC=CCC1)CCC(=O)O. The van der Waals surface area contributed by atoms with Gasteiger partial charge in [0.2, 0.25) is 0 Å². The van der Waals surface area contributed by atoms with E-state index in [2.05, 4.69) is 11.4 Å². The maximum atomic E-state index is 11.8. The third-order valence-corrected chi connectivity index (χ3v) is 3.44. The summed E-state index contributed by atoms with van der Waals surface area (Å²) < 4.78 is 0. The first-order valence-electron chi connectivity index (χ1n) is 6.80.